The van der Waals surface area contributed by atoms with Gasteiger partial charge in [0.15, 0.2) is 5.96 Å². The van der Waals surface area contributed by atoms with Crippen LogP contribution in [0.25, 0.3) is 10.9 Å². The molecule has 0 radical (unpaired) electrons. The summed E-state index contributed by atoms with van der Waals surface area (Å²) in [5.74, 6) is 0.805. The van der Waals surface area contributed by atoms with Crippen molar-refractivity contribution < 1.29 is 0 Å². The number of H-pyrrole nitrogens is 1. The second kappa shape index (κ2) is 8.19. The van der Waals surface area contributed by atoms with Gasteiger partial charge in [0, 0.05) is 24.8 Å². The number of nitrogens with zero attached hydrogens (tertiary/aromatic N) is 1. The molecular weight excluding hydrogens is 407 g/mol. The predicted octanol–water partition coefficient (Wildman–Crippen LogP) is 3.71. The maximum Gasteiger partial charge on any atom is 0.191 e. The Labute approximate surface area is 151 Å². The quantitative estimate of drug-likeness (QED) is 0.339. The predicted molar refractivity (Wildman–Crippen MR) is 105 cm³/mol. The lowest BCUT2D eigenvalue weighted by molar-refractivity contribution is 0.800. The SMILES string of the molecule is CN=C(NCc1ccsc1)NCc1cc2ccccc2[nH]1.I. The summed E-state index contributed by atoms with van der Waals surface area (Å²) in [7, 11) is 1.79. The Morgan fingerprint density at radius 3 is 2.73 bits per heavy atom. The van der Waals surface area contributed by atoms with Crippen LogP contribution in [0.15, 0.2) is 52.2 Å². The van der Waals surface area contributed by atoms with E-state index < -0.39 is 0 Å². The van der Waals surface area contributed by atoms with Crippen molar-refractivity contribution >= 4 is 52.2 Å². The summed E-state index contributed by atoms with van der Waals surface area (Å²) < 4.78 is 0. The van der Waals surface area contributed by atoms with Crippen molar-refractivity contribution in [2.75, 3.05) is 7.05 Å². The van der Waals surface area contributed by atoms with Gasteiger partial charge in [0.25, 0.3) is 0 Å². The highest BCUT2D eigenvalue weighted by Crippen LogP contribution is 2.14. The molecule has 0 aliphatic heterocycles. The average molecular weight is 426 g/mol. The number of aliphatic imine (C=N–C) groups is 1. The molecule has 0 saturated heterocycles. The maximum absolute atomic E-state index is 4.24. The lowest BCUT2D eigenvalue weighted by Gasteiger charge is -2.10. The molecular formula is C16H19IN4S. The van der Waals surface area contributed by atoms with Crippen molar-refractivity contribution in [3.8, 4) is 0 Å². The number of aromatic nitrogens is 1. The number of thiophene rings is 1. The molecule has 2 heterocycles. The molecule has 0 aliphatic rings. The number of benzene rings is 1. The summed E-state index contributed by atoms with van der Waals surface area (Å²) in [6, 6.07) is 12.6. The highest BCUT2D eigenvalue weighted by atomic mass is 127. The van der Waals surface area contributed by atoms with Gasteiger partial charge in [0.1, 0.15) is 0 Å². The van der Waals surface area contributed by atoms with Crippen molar-refractivity contribution in [3.05, 3.63) is 58.4 Å². The molecule has 4 nitrogen and oxygen atoms in total. The Bertz CT molecular complexity index is 701. The Hall–Kier alpha value is -1.54. The van der Waals surface area contributed by atoms with Crippen LogP contribution in [0.3, 0.4) is 0 Å². The van der Waals surface area contributed by atoms with Crippen LogP contribution in [-0.4, -0.2) is 18.0 Å². The maximum atomic E-state index is 4.24. The van der Waals surface area contributed by atoms with Gasteiger partial charge in [-0.25, -0.2) is 0 Å². The molecule has 22 heavy (non-hydrogen) atoms. The van der Waals surface area contributed by atoms with Gasteiger partial charge >= 0.3 is 0 Å². The van der Waals surface area contributed by atoms with Crippen molar-refractivity contribution in [2.24, 2.45) is 4.99 Å². The molecule has 0 aliphatic carbocycles. The normalized spacial score (nSPS) is 11.2. The Kier molecular flexibility index (Phi) is 6.26. The Morgan fingerprint density at radius 1 is 1.18 bits per heavy atom. The van der Waals surface area contributed by atoms with Gasteiger partial charge in [-0.2, -0.15) is 11.3 Å². The van der Waals surface area contributed by atoms with E-state index in [1.54, 1.807) is 18.4 Å². The molecule has 3 aromatic rings. The number of hydrogen-bond acceptors (Lipinski definition) is 2. The molecule has 0 fully saturated rings. The fourth-order valence-electron chi connectivity index (χ4n) is 2.21. The van der Waals surface area contributed by atoms with Crippen LogP contribution in [-0.2, 0) is 13.1 Å². The van der Waals surface area contributed by atoms with Gasteiger partial charge in [0.05, 0.1) is 6.54 Å². The van der Waals surface area contributed by atoms with Crippen molar-refractivity contribution in [3.63, 3.8) is 0 Å². The number of halogens is 1. The number of hydrogen-bond donors (Lipinski definition) is 3. The monoisotopic (exact) mass is 426 g/mol. The first-order chi connectivity index (χ1) is 10.3. The summed E-state index contributed by atoms with van der Waals surface area (Å²) in [4.78, 5) is 7.64. The van der Waals surface area contributed by atoms with Crippen LogP contribution in [0.1, 0.15) is 11.3 Å². The summed E-state index contributed by atoms with van der Waals surface area (Å²) in [6.07, 6.45) is 0. The summed E-state index contributed by atoms with van der Waals surface area (Å²) in [5, 5.41) is 12.1. The highest BCUT2D eigenvalue weighted by molar-refractivity contribution is 14.0. The van der Waals surface area contributed by atoms with Crippen molar-refractivity contribution in [2.45, 2.75) is 13.1 Å². The van der Waals surface area contributed by atoms with E-state index in [2.05, 4.69) is 61.7 Å². The summed E-state index contributed by atoms with van der Waals surface area (Å²) >= 11 is 1.71. The van der Waals surface area contributed by atoms with Crippen LogP contribution >= 0.6 is 35.3 Å². The summed E-state index contributed by atoms with van der Waals surface area (Å²) in [5.41, 5.74) is 3.58. The largest absolute Gasteiger partial charge is 0.357 e. The number of para-hydroxylation sites is 1. The van der Waals surface area contributed by atoms with E-state index >= 15 is 0 Å². The van der Waals surface area contributed by atoms with Crippen LogP contribution in [0, 0.1) is 0 Å². The van der Waals surface area contributed by atoms with Gasteiger partial charge < -0.3 is 15.6 Å². The zero-order valence-corrected chi connectivity index (χ0v) is 15.4. The van der Waals surface area contributed by atoms with E-state index in [0.717, 1.165) is 30.3 Å². The Balaban J connectivity index is 0.00000176. The van der Waals surface area contributed by atoms with Crippen LogP contribution < -0.4 is 10.6 Å². The zero-order valence-electron chi connectivity index (χ0n) is 12.3. The molecule has 0 unspecified atom stereocenters. The van der Waals surface area contributed by atoms with Crippen LogP contribution in [0.4, 0.5) is 0 Å². The topological polar surface area (TPSA) is 52.2 Å². The molecule has 0 amide bonds. The first-order valence-electron chi connectivity index (χ1n) is 6.87. The van der Waals surface area contributed by atoms with Crippen LogP contribution in [0.2, 0.25) is 0 Å². The molecule has 3 N–H and O–H groups in total. The van der Waals surface area contributed by atoms with E-state index in [1.165, 1.54) is 10.9 Å². The van der Waals surface area contributed by atoms with Gasteiger partial charge in [-0.3, -0.25) is 4.99 Å². The smallest absolute Gasteiger partial charge is 0.191 e. The first kappa shape index (κ1) is 16.8. The first-order valence-corrected chi connectivity index (χ1v) is 7.81. The number of nitrogens with one attached hydrogen (secondary N) is 3. The zero-order chi connectivity index (χ0) is 14.5. The molecule has 0 bridgehead atoms. The third-order valence-corrected chi connectivity index (χ3v) is 4.03. The van der Waals surface area contributed by atoms with E-state index in [1.807, 2.05) is 6.07 Å². The van der Waals surface area contributed by atoms with E-state index in [9.17, 15) is 0 Å². The second-order valence-electron chi connectivity index (χ2n) is 4.79. The summed E-state index contributed by atoms with van der Waals surface area (Å²) in [6.45, 7) is 1.51. The van der Waals surface area contributed by atoms with E-state index in [-0.39, 0.29) is 24.0 Å². The lowest BCUT2D eigenvalue weighted by Crippen LogP contribution is -2.36. The molecule has 2 aromatic heterocycles. The number of fused-ring (bicyclic) bond motifs is 1. The lowest BCUT2D eigenvalue weighted by atomic mass is 10.2. The molecule has 0 saturated carbocycles. The average Bonchev–Trinajstić information content (AvgIpc) is 3.16. The Morgan fingerprint density at radius 2 is 2.00 bits per heavy atom. The molecule has 116 valence electrons. The van der Waals surface area contributed by atoms with Crippen LogP contribution in [0.5, 0.6) is 0 Å². The molecule has 6 heteroatoms. The van der Waals surface area contributed by atoms with Crippen molar-refractivity contribution in [1.82, 2.24) is 15.6 Å². The number of aromatic amines is 1. The standard InChI is InChI=1S/C16H18N4S.HI/c1-17-16(18-9-12-6-7-21-11-12)19-10-14-8-13-4-2-3-5-15(13)20-14;/h2-8,11,20H,9-10H2,1H3,(H2,17,18,19);1H. The number of guanidine groups is 1. The minimum absolute atomic E-state index is 0. The number of rotatable bonds is 4. The molecule has 3 rings (SSSR count). The fraction of sp³-hybridized carbons (Fsp3) is 0.188. The molecule has 0 spiro atoms. The fourth-order valence-corrected chi connectivity index (χ4v) is 2.88. The minimum Gasteiger partial charge on any atom is -0.357 e. The minimum atomic E-state index is 0. The van der Waals surface area contributed by atoms with Gasteiger partial charge in [0.2, 0.25) is 0 Å². The van der Waals surface area contributed by atoms with Crippen molar-refractivity contribution in [1.29, 1.82) is 0 Å². The van der Waals surface area contributed by atoms with Gasteiger partial charge in [-0.1, -0.05) is 18.2 Å². The van der Waals surface area contributed by atoms with Gasteiger partial charge in [-0.05, 0) is 39.9 Å². The highest BCUT2D eigenvalue weighted by Gasteiger charge is 2.02. The third kappa shape index (κ3) is 4.23. The van der Waals surface area contributed by atoms with E-state index in [0.29, 0.717) is 0 Å². The van der Waals surface area contributed by atoms with E-state index in [4.69, 9.17) is 0 Å². The molecule has 1 aromatic carbocycles. The molecule has 0 atom stereocenters. The third-order valence-electron chi connectivity index (χ3n) is 3.30. The second-order valence-corrected chi connectivity index (χ2v) is 5.57. The van der Waals surface area contributed by atoms with Gasteiger partial charge in [-0.15, -0.1) is 24.0 Å².